The van der Waals surface area contributed by atoms with E-state index < -0.39 is 0 Å². The van der Waals surface area contributed by atoms with Crippen molar-refractivity contribution in [2.75, 3.05) is 10.2 Å². The summed E-state index contributed by atoms with van der Waals surface area (Å²) in [4.78, 5) is 31.5. The number of aryl methyl sites for hydroxylation is 1. The third kappa shape index (κ3) is 3.79. The summed E-state index contributed by atoms with van der Waals surface area (Å²) in [7, 11) is 0. The van der Waals surface area contributed by atoms with Gasteiger partial charge < -0.3 is 10.2 Å². The van der Waals surface area contributed by atoms with E-state index >= 15 is 0 Å². The first-order chi connectivity index (χ1) is 15.1. The Balaban J connectivity index is 1.82. The molecule has 1 atom stereocenters. The van der Waals surface area contributed by atoms with Gasteiger partial charge in [0.15, 0.2) is 0 Å². The second kappa shape index (κ2) is 7.90. The second-order valence-electron chi connectivity index (χ2n) is 9.48. The lowest BCUT2D eigenvalue weighted by Crippen LogP contribution is -2.55. The number of hydrogen-bond donors (Lipinski definition) is 1. The molecule has 32 heavy (non-hydrogen) atoms. The highest BCUT2D eigenvalue weighted by atomic mass is 16.2. The van der Waals surface area contributed by atoms with E-state index in [0.29, 0.717) is 11.3 Å². The molecule has 0 saturated carbocycles. The highest BCUT2D eigenvalue weighted by molar-refractivity contribution is 6.04. The van der Waals surface area contributed by atoms with Gasteiger partial charge in [0.1, 0.15) is 0 Å². The molecule has 0 saturated heterocycles. The Labute approximate surface area is 189 Å². The Hall–Kier alpha value is -3.47. The molecule has 0 bridgehead atoms. The molecule has 1 aliphatic rings. The number of benzene rings is 2. The number of rotatable bonds is 3. The highest BCUT2D eigenvalue weighted by Gasteiger charge is 2.47. The zero-order chi connectivity index (χ0) is 23.1. The third-order valence-electron chi connectivity index (χ3n) is 6.34. The topological polar surface area (TPSA) is 62.3 Å². The van der Waals surface area contributed by atoms with E-state index in [1.54, 1.807) is 19.3 Å². The molecule has 1 aliphatic heterocycles. The Bertz CT molecular complexity index is 1190. The summed E-state index contributed by atoms with van der Waals surface area (Å²) in [5, 5.41) is 3.01. The summed E-state index contributed by atoms with van der Waals surface area (Å²) in [5.41, 5.74) is 4.55. The Morgan fingerprint density at radius 1 is 1.00 bits per heavy atom. The van der Waals surface area contributed by atoms with Crippen molar-refractivity contribution in [3.8, 4) is 0 Å². The first-order valence-corrected chi connectivity index (χ1v) is 10.9. The molecule has 5 nitrogen and oxygen atoms in total. The molecule has 4 rings (SSSR count). The van der Waals surface area contributed by atoms with Crippen molar-refractivity contribution >= 4 is 23.2 Å². The maximum Gasteiger partial charge on any atom is 0.257 e. The number of aromatic nitrogens is 1. The molecule has 2 heterocycles. The molecule has 1 aromatic heterocycles. The van der Waals surface area contributed by atoms with Crippen molar-refractivity contribution in [2.24, 2.45) is 0 Å². The molecule has 0 radical (unpaired) electrons. The Kier molecular flexibility index (Phi) is 5.37. The molecule has 3 aromatic rings. The standard InChI is InChI=1S/C27H29N3O2/c1-18-13-20(16-28-15-18)25(32)29-22-11-12-24-23(14-22)27(5,21-9-7-6-8-10-21)17-26(3,4)30(24)19(2)31/h6-16H,17H2,1-5H3,(H,29,32). The van der Waals surface area contributed by atoms with Gasteiger partial charge in [0.2, 0.25) is 5.91 Å². The minimum Gasteiger partial charge on any atom is -0.322 e. The average Bonchev–Trinajstić information content (AvgIpc) is 2.74. The predicted molar refractivity (Wildman–Crippen MR) is 128 cm³/mol. The van der Waals surface area contributed by atoms with E-state index in [2.05, 4.69) is 43.2 Å². The monoisotopic (exact) mass is 427 g/mol. The number of amides is 2. The van der Waals surface area contributed by atoms with E-state index in [9.17, 15) is 9.59 Å². The number of carbonyl (C=O) groups is 2. The maximum atomic E-state index is 12.8. The molecule has 0 aliphatic carbocycles. The summed E-state index contributed by atoms with van der Waals surface area (Å²) in [5.74, 6) is -0.198. The first kappa shape index (κ1) is 21.8. The maximum absolute atomic E-state index is 12.8. The van der Waals surface area contributed by atoms with Gasteiger partial charge in [0.05, 0.1) is 5.56 Å². The predicted octanol–water partition coefficient (Wildman–Crippen LogP) is 5.48. The zero-order valence-electron chi connectivity index (χ0n) is 19.3. The SMILES string of the molecule is CC(=O)N1c2ccc(NC(=O)c3cncc(C)c3)cc2C(C)(c2ccccc2)CC1(C)C. The smallest absolute Gasteiger partial charge is 0.257 e. The largest absolute Gasteiger partial charge is 0.322 e. The van der Waals surface area contributed by atoms with Crippen LogP contribution in [0.3, 0.4) is 0 Å². The molecule has 1 unspecified atom stereocenters. The molecule has 0 spiro atoms. The van der Waals surface area contributed by atoms with Crippen LogP contribution in [0.25, 0.3) is 0 Å². The van der Waals surface area contributed by atoms with Crippen molar-refractivity contribution < 1.29 is 9.59 Å². The van der Waals surface area contributed by atoms with Crippen LogP contribution in [0.2, 0.25) is 0 Å². The molecule has 5 heteroatoms. The van der Waals surface area contributed by atoms with Crippen LogP contribution < -0.4 is 10.2 Å². The lowest BCUT2D eigenvalue weighted by molar-refractivity contribution is -0.117. The number of carbonyl (C=O) groups excluding carboxylic acids is 2. The fraction of sp³-hybridized carbons (Fsp3) is 0.296. The summed E-state index contributed by atoms with van der Waals surface area (Å²) in [6.07, 6.45) is 4.05. The number of nitrogens with one attached hydrogen (secondary N) is 1. The lowest BCUT2D eigenvalue weighted by Gasteiger charge is -2.51. The molecule has 164 valence electrons. The van der Waals surface area contributed by atoms with Crippen LogP contribution in [0.4, 0.5) is 11.4 Å². The number of pyridine rings is 1. The molecule has 1 N–H and O–H groups in total. The van der Waals surface area contributed by atoms with E-state index in [0.717, 1.165) is 23.2 Å². The zero-order valence-corrected chi connectivity index (χ0v) is 19.3. The van der Waals surface area contributed by atoms with Crippen LogP contribution >= 0.6 is 0 Å². The van der Waals surface area contributed by atoms with Gasteiger partial charge in [0.25, 0.3) is 5.91 Å². The van der Waals surface area contributed by atoms with Gasteiger partial charge in [-0.15, -0.1) is 0 Å². The minimum atomic E-state index is -0.360. The van der Waals surface area contributed by atoms with E-state index in [-0.39, 0.29) is 22.8 Å². The van der Waals surface area contributed by atoms with Crippen LogP contribution in [-0.2, 0) is 10.2 Å². The van der Waals surface area contributed by atoms with Gasteiger partial charge in [-0.3, -0.25) is 14.6 Å². The summed E-state index contributed by atoms with van der Waals surface area (Å²) in [6, 6.07) is 18.0. The lowest BCUT2D eigenvalue weighted by atomic mass is 9.65. The van der Waals surface area contributed by atoms with Gasteiger partial charge in [-0.1, -0.05) is 37.3 Å². The molecular formula is C27H29N3O2. The van der Waals surface area contributed by atoms with Crippen LogP contribution in [-0.4, -0.2) is 22.3 Å². The van der Waals surface area contributed by atoms with Crippen molar-refractivity contribution in [1.82, 2.24) is 4.98 Å². The van der Waals surface area contributed by atoms with E-state index in [4.69, 9.17) is 0 Å². The second-order valence-corrected chi connectivity index (χ2v) is 9.48. The van der Waals surface area contributed by atoms with Crippen LogP contribution in [0, 0.1) is 6.92 Å². The third-order valence-corrected chi connectivity index (χ3v) is 6.34. The Morgan fingerprint density at radius 2 is 1.72 bits per heavy atom. The van der Waals surface area contributed by atoms with Crippen molar-refractivity contribution in [3.05, 3.63) is 89.2 Å². The van der Waals surface area contributed by atoms with Crippen molar-refractivity contribution in [3.63, 3.8) is 0 Å². The van der Waals surface area contributed by atoms with Gasteiger partial charge in [-0.2, -0.15) is 0 Å². The summed E-state index contributed by atoms with van der Waals surface area (Å²) in [6.45, 7) is 9.96. The van der Waals surface area contributed by atoms with Crippen LogP contribution in [0.5, 0.6) is 0 Å². The number of fused-ring (bicyclic) bond motifs is 1. The van der Waals surface area contributed by atoms with Gasteiger partial charge in [-0.25, -0.2) is 0 Å². The van der Waals surface area contributed by atoms with Gasteiger partial charge >= 0.3 is 0 Å². The van der Waals surface area contributed by atoms with Crippen LogP contribution in [0.15, 0.2) is 67.0 Å². The molecular weight excluding hydrogens is 398 g/mol. The highest BCUT2D eigenvalue weighted by Crippen LogP contribution is 2.51. The van der Waals surface area contributed by atoms with E-state index in [1.807, 2.05) is 54.3 Å². The fourth-order valence-electron chi connectivity index (χ4n) is 5.16. The van der Waals surface area contributed by atoms with Crippen LogP contribution in [0.1, 0.15) is 61.2 Å². The average molecular weight is 428 g/mol. The number of hydrogen-bond acceptors (Lipinski definition) is 3. The number of anilines is 2. The van der Waals surface area contributed by atoms with Gasteiger partial charge in [-0.05, 0) is 68.1 Å². The molecule has 2 amide bonds. The Morgan fingerprint density at radius 3 is 2.38 bits per heavy atom. The molecule has 0 fully saturated rings. The summed E-state index contributed by atoms with van der Waals surface area (Å²) < 4.78 is 0. The minimum absolute atomic E-state index is 0.00832. The van der Waals surface area contributed by atoms with Gasteiger partial charge in [0, 0.05) is 41.6 Å². The molecule has 2 aromatic carbocycles. The number of nitrogens with zero attached hydrogens (tertiary/aromatic N) is 2. The van der Waals surface area contributed by atoms with Crippen molar-refractivity contribution in [2.45, 2.75) is 52.0 Å². The van der Waals surface area contributed by atoms with Crippen molar-refractivity contribution in [1.29, 1.82) is 0 Å². The quantitative estimate of drug-likeness (QED) is 0.602. The summed E-state index contributed by atoms with van der Waals surface area (Å²) >= 11 is 0. The normalized spacial score (nSPS) is 19.2. The van der Waals surface area contributed by atoms with E-state index in [1.165, 1.54) is 5.56 Å². The first-order valence-electron chi connectivity index (χ1n) is 10.9. The fourth-order valence-corrected chi connectivity index (χ4v) is 5.16.